The smallest absolute Gasteiger partial charge is 0.220 e. The lowest BCUT2D eigenvalue weighted by molar-refractivity contribution is -0.379. The molecule has 0 aromatic carbocycles. The molecule has 3 saturated heterocycles. The number of carbonyl (C=O) groups is 1. The number of ether oxygens (including phenoxy) is 6. The molecule has 412 valence electrons. The molecule has 3 rings (SSSR count). The summed E-state index contributed by atoms with van der Waals surface area (Å²) in [4.78, 5) is 13.2. The number of unbranched alkanes of at least 4 members (excludes halogenated alkanes) is 6. The van der Waals surface area contributed by atoms with Gasteiger partial charge in [0, 0.05) is 6.42 Å². The van der Waals surface area contributed by atoms with E-state index in [9.17, 15) is 61.0 Å². The van der Waals surface area contributed by atoms with Gasteiger partial charge in [-0.25, -0.2) is 0 Å². The molecule has 17 unspecified atom stereocenters. The van der Waals surface area contributed by atoms with E-state index in [-0.39, 0.29) is 18.9 Å². The number of carbonyl (C=O) groups excluding carboxylic acids is 1. The lowest BCUT2D eigenvalue weighted by Crippen LogP contribution is -2.66. The van der Waals surface area contributed by atoms with Crippen LogP contribution in [0.3, 0.4) is 0 Å². The van der Waals surface area contributed by atoms with Crippen LogP contribution in [0.15, 0.2) is 85.1 Å². The molecule has 72 heavy (non-hydrogen) atoms. The highest BCUT2D eigenvalue weighted by Crippen LogP contribution is 2.33. The van der Waals surface area contributed by atoms with E-state index < -0.39 is 124 Å². The first-order valence-corrected chi connectivity index (χ1v) is 25.8. The molecular weight excluding hydrogens is 939 g/mol. The summed E-state index contributed by atoms with van der Waals surface area (Å²) in [6, 6.07) is -0.997. The van der Waals surface area contributed by atoms with Crippen LogP contribution < -0.4 is 5.32 Å². The third-order valence-corrected chi connectivity index (χ3v) is 12.4. The number of aliphatic hydroxyl groups is 11. The fraction of sp³-hybridized carbons (Fsp3) is 0.717. The zero-order valence-electron chi connectivity index (χ0n) is 42.1. The van der Waals surface area contributed by atoms with Gasteiger partial charge in [-0.15, -0.1) is 0 Å². The van der Waals surface area contributed by atoms with Gasteiger partial charge in [0.25, 0.3) is 0 Å². The Kier molecular flexibility index (Phi) is 32.4. The van der Waals surface area contributed by atoms with Crippen molar-refractivity contribution in [3.05, 3.63) is 85.1 Å². The molecule has 19 nitrogen and oxygen atoms in total. The molecule has 17 atom stereocenters. The largest absolute Gasteiger partial charge is 0.394 e. The Balaban J connectivity index is 1.50. The zero-order chi connectivity index (χ0) is 52.7. The molecule has 3 aliphatic rings. The number of nitrogens with one attached hydrogen (secondary N) is 1. The fourth-order valence-electron chi connectivity index (χ4n) is 8.13. The van der Waals surface area contributed by atoms with E-state index in [1.807, 2.05) is 6.08 Å². The van der Waals surface area contributed by atoms with Gasteiger partial charge in [0.15, 0.2) is 18.9 Å². The van der Waals surface area contributed by atoms with E-state index in [1.54, 1.807) is 6.08 Å². The average Bonchev–Trinajstić information content (AvgIpc) is 3.38. The van der Waals surface area contributed by atoms with Crippen molar-refractivity contribution in [2.24, 2.45) is 0 Å². The highest BCUT2D eigenvalue weighted by atomic mass is 16.8. The molecule has 0 aliphatic carbocycles. The Bertz CT molecular complexity index is 1650. The number of allylic oxidation sites excluding steroid dienone is 13. The van der Waals surface area contributed by atoms with E-state index in [0.29, 0.717) is 12.8 Å². The molecule has 19 heteroatoms. The number of hydrogen-bond donors (Lipinski definition) is 12. The van der Waals surface area contributed by atoms with Crippen LogP contribution >= 0.6 is 0 Å². The Labute approximate surface area is 425 Å². The van der Waals surface area contributed by atoms with Crippen molar-refractivity contribution in [1.82, 2.24) is 5.32 Å². The molecule has 0 bridgehead atoms. The Hall–Kier alpha value is -3.03. The first-order chi connectivity index (χ1) is 34.8. The van der Waals surface area contributed by atoms with E-state index in [0.717, 1.165) is 77.0 Å². The van der Waals surface area contributed by atoms with E-state index in [2.05, 4.69) is 92.1 Å². The molecule has 0 saturated carbocycles. The maximum absolute atomic E-state index is 13.2. The van der Waals surface area contributed by atoms with Gasteiger partial charge in [0.05, 0.1) is 38.6 Å². The molecule has 0 radical (unpaired) electrons. The van der Waals surface area contributed by atoms with Gasteiger partial charge in [0.2, 0.25) is 5.91 Å². The third kappa shape index (κ3) is 22.0. The van der Waals surface area contributed by atoms with E-state index >= 15 is 0 Å². The number of amides is 1. The van der Waals surface area contributed by atoms with Crippen LogP contribution in [0.2, 0.25) is 0 Å². The minimum atomic E-state index is -1.98. The third-order valence-electron chi connectivity index (χ3n) is 12.4. The van der Waals surface area contributed by atoms with Crippen LogP contribution in [-0.2, 0) is 33.2 Å². The topological polar surface area (TPSA) is 307 Å². The molecule has 3 heterocycles. The fourth-order valence-corrected chi connectivity index (χ4v) is 8.13. The lowest BCUT2D eigenvalue weighted by Gasteiger charge is -2.48. The zero-order valence-corrected chi connectivity index (χ0v) is 42.1. The van der Waals surface area contributed by atoms with E-state index in [1.165, 1.54) is 0 Å². The van der Waals surface area contributed by atoms with Gasteiger partial charge in [-0.2, -0.15) is 0 Å². The minimum Gasteiger partial charge on any atom is -0.394 e. The molecule has 0 aromatic rings. The van der Waals surface area contributed by atoms with Crippen molar-refractivity contribution in [2.75, 3.05) is 26.4 Å². The van der Waals surface area contributed by atoms with Crippen LogP contribution in [0.4, 0.5) is 0 Å². The second kappa shape index (κ2) is 36.8. The van der Waals surface area contributed by atoms with Crippen molar-refractivity contribution >= 4 is 5.91 Å². The van der Waals surface area contributed by atoms with Crippen molar-refractivity contribution in [3.63, 3.8) is 0 Å². The maximum Gasteiger partial charge on any atom is 0.220 e. The van der Waals surface area contributed by atoms with Gasteiger partial charge in [0.1, 0.15) is 73.2 Å². The number of rotatable bonds is 34. The summed E-state index contributed by atoms with van der Waals surface area (Å²) in [5, 5.41) is 119. The predicted octanol–water partition coefficient (Wildman–Crippen LogP) is 2.08. The normalized spacial score (nSPS) is 32.7. The van der Waals surface area contributed by atoms with Crippen LogP contribution in [0.1, 0.15) is 110 Å². The van der Waals surface area contributed by atoms with Crippen LogP contribution in [0.5, 0.6) is 0 Å². The average molecular weight is 1030 g/mol. The summed E-state index contributed by atoms with van der Waals surface area (Å²) < 4.78 is 34.0. The van der Waals surface area contributed by atoms with Gasteiger partial charge < -0.3 is 89.9 Å². The summed E-state index contributed by atoms with van der Waals surface area (Å²) in [5.41, 5.74) is 0. The predicted molar refractivity (Wildman–Crippen MR) is 268 cm³/mol. The second-order valence-electron chi connectivity index (χ2n) is 18.2. The second-order valence-corrected chi connectivity index (χ2v) is 18.2. The van der Waals surface area contributed by atoms with Crippen molar-refractivity contribution < 1.29 is 89.4 Å². The Morgan fingerprint density at radius 2 is 0.958 bits per heavy atom. The van der Waals surface area contributed by atoms with Gasteiger partial charge in [-0.05, 0) is 70.6 Å². The van der Waals surface area contributed by atoms with Crippen LogP contribution in [-0.4, -0.2) is 193 Å². The lowest BCUT2D eigenvalue weighted by atomic mass is 9.96. The first kappa shape index (κ1) is 63.3. The SMILES string of the molecule is CC/C=C\C/C=C\C/C=C\C/C=C\C/C=C\C/C=C\CCCCC(=O)NC(COC1OC(CO)C(OC2OC(CO)C(OC3OC(CO)C(O)C(O)C3O)C(O)C2O)C(O)C1O)C(O)/C=C/CCCCCC. The summed E-state index contributed by atoms with van der Waals surface area (Å²) in [7, 11) is 0. The van der Waals surface area contributed by atoms with Gasteiger partial charge in [-0.1, -0.05) is 118 Å². The molecule has 12 N–H and O–H groups in total. The first-order valence-electron chi connectivity index (χ1n) is 25.8. The standard InChI is InChI=1S/C53H87NO18/c1-3-5-7-9-11-12-13-14-15-16-17-18-19-20-21-22-23-24-25-27-29-31-41(59)54-36(37(58)30-28-26-10-8-6-4-2)35-67-51-47(65)44(62)49(39(33-56)69-51)72-53-48(66)45(63)50(40(34-57)70-53)71-52-46(64)43(61)42(60)38(32-55)68-52/h5,7,11-12,14-15,17-18,20-21,23-24,28,30,36-40,42-53,55-58,60-66H,3-4,6,8-10,13,16,19,22,25-27,29,31-35H2,1-2H3,(H,54,59)/b7-5-,12-11-,15-14-,18-17-,21-20-,24-23-,30-28+. The molecular formula is C53H87NO18. The monoisotopic (exact) mass is 1030 g/mol. The summed E-state index contributed by atoms with van der Waals surface area (Å²) in [6.45, 7) is 1.42. The van der Waals surface area contributed by atoms with Crippen LogP contribution in [0.25, 0.3) is 0 Å². The highest BCUT2D eigenvalue weighted by Gasteiger charge is 2.53. The van der Waals surface area contributed by atoms with Crippen LogP contribution in [0, 0.1) is 0 Å². The highest BCUT2D eigenvalue weighted by molar-refractivity contribution is 5.76. The maximum atomic E-state index is 13.2. The molecule has 1 amide bonds. The molecule has 3 aliphatic heterocycles. The summed E-state index contributed by atoms with van der Waals surface area (Å²) in [5.74, 6) is -0.330. The molecule has 0 spiro atoms. The minimum absolute atomic E-state index is 0.182. The molecule has 0 aromatic heterocycles. The number of aliphatic hydroxyl groups excluding tert-OH is 11. The molecule has 3 fully saturated rings. The van der Waals surface area contributed by atoms with Crippen molar-refractivity contribution in [1.29, 1.82) is 0 Å². The summed E-state index contributed by atoms with van der Waals surface area (Å²) >= 11 is 0. The Morgan fingerprint density at radius 1 is 0.514 bits per heavy atom. The Morgan fingerprint density at radius 3 is 1.47 bits per heavy atom. The van der Waals surface area contributed by atoms with E-state index in [4.69, 9.17) is 28.4 Å². The number of hydrogen-bond acceptors (Lipinski definition) is 18. The van der Waals surface area contributed by atoms with Crippen molar-refractivity contribution in [3.8, 4) is 0 Å². The van der Waals surface area contributed by atoms with Gasteiger partial charge >= 0.3 is 0 Å². The van der Waals surface area contributed by atoms with Gasteiger partial charge in [-0.3, -0.25) is 4.79 Å². The summed E-state index contributed by atoms with van der Waals surface area (Å²) in [6.07, 6.45) is 14.9. The quantitative estimate of drug-likeness (QED) is 0.0324. The van der Waals surface area contributed by atoms with Crippen molar-refractivity contribution in [2.45, 2.75) is 214 Å².